The SMILES string of the molecule is Fc1cccc(CCc2cccc(F)c2F)c1F. The third kappa shape index (κ3) is 2.53. The quantitative estimate of drug-likeness (QED) is 0.725. The first-order valence-corrected chi connectivity index (χ1v) is 5.45. The molecule has 18 heavy (non-hydrogen) atoms. The second-order valence-electron chi connectivity index (χ2n) is 3.93. The van der Waals surface area contributed by atoms with Gasteiger partial charge < -0.3 is 0 Å². The standard InChI is InChI=1S/C14H10F4/c15-11-5-1-3-9(13(11)17)7-8-10-4-2-6-12(16)14(10)18/h1-6H,7-8H2. The van der Waals surface area contributed by atoms with Crippen LogP contribution >= 0.6 is 0 Å². The van der Waals surface area contributed by atoms with Crippen LogP contribution in [-0.4, -0.2) is 0 Å². The normalized spacial score (nSPS) is 10.7. The average Bonchev–Trinajstić information content (AvgIpc) is 2.36. The predicted octanol–water partition coefficient (Wildman–Crippen LogP) is 4.03. The summed E-state index contributed by atoms with van der Waals surface area (Å²) in [6.45, 7) is 0. The van der Waals surface area contributed by atoms with Gasteiger partial charge in [-0.2, -0.15) is 0 Å². The topological polar surface area (TPSA) is 0 Å². The molecule has 0 nitrogen and oxygen atoms in total. The Balaban J connectivity index is 2.17. The van der Waals surface area contributed by atoms with Crippen LogP contribution in [0, 0.1) is 23.3 Å². The highest BCUT2D eigenvalue weighted by molar-refractivity contribution is 5.23. The maximum absolute atomic E-state index is 13.3. The van der Waals surface area contributed by atoms with Crippen LogP contribution in [0.1, 0.15) is 11.1 Å². The summed E-state index contributed by atoms with van der Waals surface area (Å²) >= 11 is 0. The maximum Gasteiger partial charge on any atom is 0.162 e. The molecule has 0 amide bonds. The van der Waals surface area contributed by atoms with Gasteiger partial charge in [0.25, 0.3) is 0 Å². The Morgan fingerprint density at radius 3 is 1.39 bits per heavy atom. The Hall–Kier alpha value is -1.84. The van der Waals surface area contributed by atoms with Crippen molar-refractivity contribution < 1.29 is 17.6 Å². The van der Waals surface area contributed by atoms with Crippen molar-refractivity contribution in [2.24, 2.45) is 0 Å². The van der Waals surface area contributed by atoms with Crippen LogP contribution < -0.4 is 0 Å². The second kappa shape index (κ2) is 5.21. The van der Waals surface area contributed by atoms with Gasteiger partial charge in [-0.05, 0) is 36.1 Å². The zero-order valence-electron chi connectivity index (χ0n) is 9.39. The Bertz CT molecular complexity index is 512. The molecule has 0 atom stereocenters. The van der Waals surface area contributed by atoms with Crippen LogP contribution in [-0.2, 0) is 12.8 Å². The van der Waals surface area contributed by atoms with Gasteiger partial charge in [0.05, 0.1) is 0 Å². The minimum absolute atomic E-state index is 0.115. The first-order valence-electron chi connectivity index (χ1n) is 5.45. The monoisotopic (exact) mass is 254 g/mol. The van der Waals surface area contributed by atoms with Crippen molar-refractivity contribution in [1.29, 1.82) is 0 Å². The molecule has 0 saturated carbocycles. The Kier molecular flexibility index (Phi) is 3.65. The van der Waals surface area contributed by atoms with Crippen LogP contribution in [0.2, 0.25) is 0 Å². The van der Waals surface area contributed by atoms with Crippen LogP contribution in [0.5, 0.6) is 0 Å². The highest BCUT2D eigenvalue weighted by Crippen LogP contribution is 2.17. The Morgan fingerprint density at radius 2 is 1.00 bits per heavy atom. The van der Waals surface area contributed by atoms with E-state index < -0.39 is 23.3 Å². The van der Waals surface area contributed by atoms with Crippen molar-refractivity contribution in [2.45, 2.75) is 12.8 Å². The van der Waals surface area contributed by atoms with Crippen LogP contribution in [0.15, 0.2) is 36.4 Å². The number of benzene rings is 2. The highest BCUT2D eigenvalue weighted by atomic mass is 19.2. The van der Waals surface area contributed by atoms with Crippen molar-refractivity contribution in [3.8, 4) is 0 Å². The summed E-state index contributed by atoms with van der Waals surface area (Å²) in [6.07, 6.45) is 0.230. The van der Waals surface area contributed by atoms with Gasteiger partial charge in [0.15, 0.2) is 23.3 Å². The molecule has 2 rings (SSSR count). The molecule has 0 heterocycles. The van der Waals surface area contributed by atoms with Crippen molar-refractivity contribution in [3.63, 3.8) is 0 Å². The Morgan fingerprint density at radius 1 is 0.611 bits per heavy atom. The van der Waals surface area contributed by atoms with E-state index in [0.717, 1.165) is 12.1 Å². The van der Waals surface area contributed by atoms with E-state index in [2.05, 4.69) is 0 Å². The van der Waals surface area contributed by atoms with Gasteiger partial charge in [-0.1, -0.05) is 24.3 Å². The molecule has 94 valence electrons. The zero-order valence-corrected chi connectivity index (χ0v) is 9.39. The molecule has 0 fully saturated rings. The van der Waals surface area contributed by atoms with Gasteiger partial charge >= 0.3 is 0 Å². The van der Waals surface area contributed by atoms with E-state index in [9.17, 15) is 17.6 Å². The first kappa shape index (κ1) is 12.6. The predicted molar refractivity (Wildman–Crippen MR) is 60.1 cm³/mol. The van der Waals surface area contributed by atoms with E-state index in [4.69, 9.17) is 0 Å². The fourth-order valence-corrected chi connectivity index (χ4v) is 1.75. The van der Waals surface area contributed by atoms with E-state index in [-0.39, 0.29) is 24.0 Å². The molecule has 0 spiro atoms. The average molecular weight is 254 g/mol. The highest BCUT2D eigenvalue weighted by Gasteiger charge is 2.11. The van der Waals surface area contributed by atoms with Crippen LogP contribution in [0.25, 0.3) is 0 Å². The van der Waals surface area contributed by atoms with E-state index in [1.165, 1.54) is 24.3 Å². The molecule has 0 bridgehead atoms. The summed E-state index contributed by atoms with van der Waals surface area (Å²) in [5, 5.41) is 0. The lowest BCUT2D eigenvalue weighted by Crippen LogP contribution is -2.00. The summed E-state index contributed by atoms with van der Waals surface area (Å²) in [6, 6.07) is 7.65. The minimum atomic E-state index is -0.938. The summed E-state index contributed by atoms with van der Waals surface area (Å²) in [5.74, 6) is -3.75. The number of hydrogen-bond acceptors (Lipinski definition) is 0. The number of halogens is 4. The molecule has 0 aliphatic rings. The lowest BCUT2D eigenvalue weighted by molar-refractivity contribution is 0.491. The summed E-state index contributed by atoms with van der Waals surface area (Å²) in [4.78, 5) is 0. The van der Waals surface area contributed by atoms with Gasteiger partial charge in [0.2, 0.25) is 0 Å². The molecule has 0 aliphatic carbocycles. The van der Waals surface area contributed by atoms with Crippen molar-refractivity contribution in [3.05, 3.63) is 70.8 Å². The lowest BCUT2D eigenvalue weighted by atomic mass is 10.0. The first-order chi connectivity index (χ1) is 8.59. The van der Waals surface area contributed by atoms with Crippen molar-refractivity contribution in [2.75, 3.05) is 0 Å². The number of aryl methyl sites for hydroxylation is 2. The van der Waals surface area contributed by atoms with E-state index >= 15 is 0 Å². The van der Waals surface area contributed by atoms with E-state index in [1.54, 1.807) is 0 Å². The molecule has 0 aromatic heterocycles. The molecule has 0 radical (unpaired) electrons. The van der Waals surface area contributed by atoms with E-state index in [0.29, 0.717) is 0 Å². The second-order valence-corrected chi connectivity index (χ2v) is 3.93. The number of hydrogen-bond donors (Lipinski definition) is 0. The third-order valence-electron chi connectivity index (χ3n) is 2.73. The largest absolute Gasteiger partial charge is 0.204 e. The van der Waals surface area contributed by atoms with Crippen molar-refractivity contribution >= 4 is 0 Å². The maximum atomic E-state index is 13.3. The lowest BCUT2D eigenvalue weighted by Gasteiger charge is -2.05. The minimum Gasteiger partial charge on any atom is -0.204 e. The molecule has 0 aliphatic heterocycles. The molecule has 2 aromatic carbocycles. The van der Waals surface area contributed by atoms with E-state index in [1.807, 2.05) is 0 Å². The summed E-state index contributed by atoms with van der Waals surface area (Å²) in [7, 11) is 0. The summed E-state index contributed by atoms with van der Waals surface area (Å²) in [5.41, 5.74) is 0.303. The van der Waals surface area contributed by atoms with Crippen LogP contribution in [0.4, 0.5) is 17.6 Å². The third-order valence-corrected chi connectivity index (χ3v) is 2.73. The molecular formula is C14H10F4. The Labute approximate surface area is 102 Å². The van der Waals surface area contributed by atoms with Gasteiger partial charge in [-0.3, -0.25) is 0 Å². The molecule has 0 unspecified atom stereocenters. The van der Waals surface area contributed by atoms with Crippen LogP contribution in [0.3, 0.4) is 0 Å². The smallest absolute Gasteiger partial charge is 0.162 e. The molecule has 0 saturated heterocycles. The van der Waals surface area contributed by atoms with Gasteiger partial charge in [0, 0.05) is 0 Å². The van der Waals surface area contributed by atoms with Gasteiger partial charge in [-0.15, -0.1) is 0 Å². The van der Waals surface area contributed by atoms with Gasteiger partial charge in [0.1, 0.15) is 0 Å². The summed E-state index contributed by atoms with van der Waals surface area (Å²) < 4.78 is 52.6. The molecule has 2 aromatic rings. The fourth-order valence-electron chi connectivity index (χ4n) is 1.75. The molecule has 0 N–H and O–H groups in total. The molecule has 4 heteroatoms. The molecular weight excluding hydrogens is 244 g/mol. The zero-order chi connectivity index (χ0) is 13.1. The van der Waals surface area contributed by atoms with Gasteiger partial charge in [-0.25, -0.2) is 17.6 Å². The fraction of sp³-hybridized carbons (Fsp3) is 0.143. The van der Waals surface area contributed by atoms with Crippen molar-refractivity contribution in [1.82, 2.24) is 0 Å². The number of rotatable bonds is 3.